The molecule has 2 N–H and O–H groups in total. The number of para-hydroxylation sites is 1. The summed E-state index contributed by atoms with van der Waals surface area (Å²) in [4.78, 5) is 28.5. The number of amides is 2. The maximum Gasteiger partial charge on any atom is 0.416 e. The molecule has 1 saturated heterocycles. The number of carbonyl (C=O) groups is 2. The molecule has 0 atom stereocenters. The standard InChI is InChI=1S/C22H25F3N4O2/c23-22(24,25)17-6-4-7-18(16-17)27-21(31)20(30)26-10-5-11-28-12-14-29(15-13-28)19-8-2-1-3-9-19/h1-4,6-9,16H,5,10-15H2,(H,26,30)(H,27,31). The molecule has 2 amide bonds. The van der Waals surface area contributed by atoms with Crippen molar-refractivity contribution in [3.63, 3.8) is 0 Å². The number of hydrogen-bond donors (Lipinski definition) is 2. The van der Waals surface area contributed by atoms with Crippen LogP contribution in [0.2, 0.25) is 0 Å². The molecule has 0 bridgehead atoms. The van der Waals surface area contributed by atoms with Crippen LogP contribution in [-0.4, -0.2) is 56.0 Å². The minimum atomic E-state index is -4.52. The molecule has 166 valence electrons. The van der Waals surface area contributed by atoms with Gasteiger partial charge in [-0.2, -0.15) is 13.2 Å². The lowest BCUT2D eigenvalue weighted by molar-refractivity contribution is -0.137. The molecule has 9 heteroatoms. The summed E-state index contributed by atoms with van der Waals surface area (Å²) in [6, 6.07) is 14.4. The highest BCUT2D eigenvalue weighted by Gasteiger charge is 2.30. The van der Waals surface area contributed by atoms with Crippen molar-refractivity contribution < 1.29 is 22.8 Å². The van der Waals surface area contributed by atoms with E-state index in [0.29, 0.717) is 13.0 Å². The largest absolute Gasteiger partial charge is 0.416 e. The molecule has 3 rings (SSSR count). The van der Waals surface area contributed by atoms with E-state index < -0.39 is 23.6 Å². The Labute approximate surface area is 179 Å². The number of hydrogen-bond acceptors (Lipinski definition) is 4. The van der Waals surface area contributed by atoms with Gasteiger partial charge in [0.15, 0.2) is 0 Å². The van der Waals surface area contributed by atoms with Gasteiger partial charge < -0.3 is 15.5 Å². The van der Waals surface area contributed by atoms with Crippen LogP contribution in [0.5, 0.6) is 0 Å². The van der Waals surface area contributed by atoms with E-state index in [-0.39, 0.29) is 5.69 Å². The number of nitrogens with one attached hydrogen (secondary N) is 2. The molecular formula is C22H25F3N4O2. The number of rotatable bonds is 6. The maximum atomic E-state index is 12.7. The molecule has 2 aromatic rings. The smallest absolute Gasteiger partial charge is 0.369 e. The zero-order valence-corrected chi connectivity index (χ0v) is 17.0. The number of carbonyl (C=O) groups excluding carboxylic acids is 2. The van der Waals surface area contributed by atoms with Crippen molar-refractivity contribution in [1.29, 1.82) is 0 Å². The number of benzene rings is 2. The van der Waals surface area contributed by atoms with Crippen LogP contribution in [0.15, 0.2) is 54.6 Å². The van der Waals surface area contributed by atoms with Crippen LogP contribution in [0.25, 0.3) is 0 Å². The molecule has 0 unspecified atom stereocenters. The van der Waals surface area contributed by atoms with Gasteiger partial charge in [-0.05, 0) is 43.3 Å². The van der Waals surface area contributed by atoms with Gasteiger partial charge in [0.25, 0.3) is 0 Å². The molecule has 0 aliphatic carbocycles. The molecule has 0 radical (unpaired) electrons. The quantitative estimate of drug-likeness (QED) is 0.542. The maximum absolute atomic E-state index is 12.7. The molecule has 2 aromatic carbocycles. The monoisotopic (exact) mass is 434 g/mol. The fourth-order valence-electron chi connectivity index (χ4n) is 3.41. The number of anilines is 2. The minimum absolute atomic E-state index is 0.0775. The van der Waals surface area contributed by atoms with Crippen LogP contribution in [0, 0.1) is 0 Å². The summed E-state index contributed by atoms with van der Waals surface area (Å²) < 4.78 is 38.2. The predicted octanol–water partition coefficient (Wildman–Crippen LogP) is 2.97. The highest BCUT2D eigenvalue weighted by Crippen LogP contribution is 2.30. The molecule has 0 aromatic heterocycles. The second-order valence-corrected chi connectivity index (χ2v) is 7.31. The molecule has 1 heterocycles. The molecule has 31 heavy (non-hydrogen) atoms. The van der Waals surface area contributed by atoms with Gasteiger partial charge in [-0.3, -0.25) is 14.5 Å². The van der Waals surface area contributed by atoms with Crippen molar-refractivity contribution in [1.82, 2.24) is 10.2 Å². The van der Waals surface area contributed by atoms with Gasteiger partial charge in [0.1, 0.15) is 0 Å². The van der Waals surface area contributed by atoms with Crippen molar-refractivity contribution in [2.75, 3.05) is 49.5 Å². The summed E-state index contributed by atoms with van der Waals surface area (Å²) in [5.74, 6) is -1.86. The lowest BCUT2D eigenvalue weighted by Gasteiger charge is -2.36. The van der Waals surface area contributed by atoms with Crippen molar-refractivity contribution in [3.05, 3.63) is 60.2 Å². The normalized spacial score (nSPS) is 14.9. The molecule has 1 aliphatic heterocycles. The van der Waals surface area contributed by atoms with Crippen molar-refractivity contribution in [3.8, 4) is 0 Å². The summed E-state index contributed by atoms with van der Waals surface area (Å²) >= 11 is 0. The molecule has 1 fully saturated rings. The Morgan fingerprint density at radius 2 is 1.61 bits per heavy atom. The summed E-state index contributed by atoms with van der Waals surface area (Å²) in [5.41, 5.74) is 0.241. The van der Waals surface area contributed by atoms with Crippen LogP contribution in [0.1, 0.15) is 12.0 Å². The highest BCUT2D eigenvalue weighted by atomic mass is 19.4. The Bertz CT molecular complexity index is 882. The van der Waals surface area contributed by atoms with Crippen molar-refractivity contribution in [2.45, 2.75) is 12.6 Å². The van der Waals surface area contributed by atoms with E-state index in [9.17, 15) is 22.8 Å². The summed E-state index contributed by atoms with van der Waals surface area (Å²) in [7, 11) is 0. The lowest BCUT2D eigenvalue weighted by Crippen LogP contribution is -2.47. The van der Waals surface area contributed by atoms with Gasteiger partial charge >= 0.3 is 18.0 Å². The zero-order chi connectivity index (χ0) is 22.3. The number of alkyl halides is 3. The Morgan fingerprint density at radius 1 is 0.903 bits per heavy atom. The van der Waals surface area contributed by atoms with Crippen molar-refractivity contribution in [2.24, 2.45) is 0 Å². The number of piperazine rings is 1. The second-order valence-electron chi connectivity index (χ2n) is 7.31. The Kier molecular flexibility index (Phi) is 7.51. The summed E-state index contributed by atoms with van der Waals surface area (Å²) in [5, 5.41) is 4.71. The van der Waals surface area contributed by atoms with Gasteiger partial charge in [-0.25, -0.2) is 0 Å². The number of nitrogens with zero attached hydrogens (tertiary/aromatic N) is 2. The van der Waals surface area contributed by atoms with Gasteiger partial charge in [0, 0.05) is 44.1 Å². The van der Waals surface area contributed by atoms with Gasteiger partial charge in [0.2, 0.25) is 0 Å². The second kappa shape index (κ2) is 10.3. The zero-order valence-electron chi connectivity index (χ0n) is 17.0. The third kappa shape index (κ3) is 6.71. The molecule has 6 nitrogen and oxygen atoms in total. The van der Waals surface area contributed by atoms with Crippen molar-refractivity contribution >= 4 is 23.2 Å². The van der Waals surface area contributed by atoms with Crippen LogP contribution in [0.4, 0.5) is 24.5 Å². The first-order valence-corrected chi connectivity index (χ1v) is 10.1. The van der Waals surface area contributed by atoms with Crippen LogP contribution >= 0.6 is 0 Å². The first-order valence-electron chi connectivity index (χ1n) is 10.1. The fourth-order valence-corrected chi connectivity index (χ4v) is 3.41. The van der Waals surface area contributed by atoms with E-state index in [1.807, 2.05) is 18.2 Å². The Morgan fingerprint density at radius 3 is 2.29 bits per heavy atom. The van der Waals surface area contributed by atoms with Gasteiger partial charge in [0.05, 0.1) is 5.56 Å². The van der Waals surface area contributed by atoms with E-state index in [2.05, 4.69) is 32.6 Å². The first-order chi connectivity index (χ1) is 14.8. The van der Waals surface area contributed by atoms with E-state index in [0.717, 1.165) is 44.9 Å². The molecule has 0 saturated carbocycles. The molecule has 0 spiro atoms. The Hall–Kier alpha value is -3.07. The predicted molar refractivity (Wildman–Crippen MR) is 113 cm³/mol. The Balaban J connectivity index is 1.35. The molecule has 1 aliphatic rings. The average Bonchev–Trinajstić information content (AvgIpc) is 2.77. The highest BCUT2D eigenvalue weighted by molar-refractivity contribution is 6.39. The van der Waals surface area contributed by atoms with E-state index in [1.165, 1.54) is 17.8 Å². The van der Waals surface area contributed by atoms with Gasteiger partial charge in [-0.1, -0.05) is 24.3 Å². The van der Waals surface area contributed by atoms with E-state index >= 15 is 0 Å². The van der Waals surface area contributed by atoms with E-state index in [4.69, 9.17) is 0 Å². The van der Waals surface area contributed by atoms with Crippen LogP contribution in [-0.2, 0) is 15.8 Å². The SMILES string of the molecule is O=C(NCCCN1CCN(c2ccccc2)CC1)C(=O)Nc1cccc(C(F)(F)F)c1. The fraction of sp³-hybridized carbons (Fsp3) is 0.364. The van der Waals surface area contributed by atoms with E-state index in [1.54, 1.807) is 0 Å². The van der Waals surface area contributed by atoms with Crippen LogP contribution < -0.4 is 15.5 Å². The minimum Gasteiger partial charge on any atom is -0.369 e. The summed E-state index contributed by atoms with van der Waals surface area (Å²) in [6.07, 6.45) is -3.84. The topological polar surface area (TPSA) is 64.7 Å². The van der Waals surface area contributed by atoms with Gasteiger partial charge in [-0.15, -0.1) is 0 Å². The van der Waals surface area contributed by atoms with Crippen LogP contribution in [0.3, 0.4) is 0 Å². The number of halogens is 3. The summed E-state index contributed by atoms with van der Waals surface area (Å²) in [6.45, 7) is 4.79. The molecular weight excluding hydrogens is 409 g/mol. The average molecular weight is 434 g/mol. The third-order valence-electron chi connectivity index (χ3n) is 5.08. The third-order valence-corrected chi connectivity index (χ3v) is 5.08. The lowest BCUT2D eigenvalue weighted by atomic mass is 10.2. The first kappa shape index (κ1) is 22.6.